The third-order valence-electron chi connectivity index (χ3n) is 3.67. The van der Waals surface area contributed by atoms with Gasteiger partial charge in [-0.1, -0.05) is 6.92 Å². The molecule has 0 aromatic rings. The van der Waals surface area contributed by atoms with Crippen molar-refractivity contribution in [3.63, 3.8) is 0 Å². The Labute approximate surface area is 97.1 Å². The van der Waals surface area contributed by atoms with Gasteiger partial charge in [-0.3, -0.25) is 0 Å². The summed E-state index contributed by atoms with van der Waals surface area (Å²) >= 11 is 0. The van der Waals surface area contributed by atoms with Crippen LogP contribution < -0.4 is 5.73 Å². The van der Waals surface area contributed by atoms with Crippen molar-refractivity contribution in [2.24, 2.45) is 11.7 Å². The number of hydrogen-bond acceptors (Lipinski definition) is 3. The van der Waals surface area contributed by atoms with Crippen LogP contribution in [0.3, 0.4) is 0 Å². The Hall–Kier alpha value is -0.770. The van der Waals surface area contributed by atoms with Crippen LogP contribution in [0.2, 0.25) is 0 Å². The maximum atomic E-state index is 11.9. The van der Waals surface area contributed by atoms with Crippen LogP contribution in [0.25, 0.3) is 0 Å². The molecule has 0 bridgehead atoms. The average Bonchev–Trinajstić information content (AvgIpc) is 2.64. The minimum atomic E-state index is -0.158. The SMILES string of the molecule is CC1CCCN(C(=O)OC2CCCC2N)C1. The third kappa shape index (κ3) is 2.67. The molecule has 92 valence electrons. The maximum Gasteiger partial charge on any atom is 0.410 e. The van der Waals surface area contributed by atoms with Crippen LogP contribution in [-0.4, -0.2) is 36.2 Å². The molecule has 0 aromatic carbocycles. The topological polar surface area (TPSA) is 55.6 Å². The zero-order chi connectivity index (χ0) is 11.5. The van der Waals surface area contributed by atoms with E-state index in [0.717, 1.165) is 38.8 Å². The number of nitrogens with two attached hydrogens (primary N) is 1. The summed E-state index contributed by atoms with van der Waals surface area (Å²) in [6.07, 6.45) is 5.08. The number of piperidine rings is 1. The normalized spacial score (nSPS) is 35.1. The van der Waals surface area contributed by atoms with Gasteiger partial charge < -0.3 is 15.4 Å². The van der Waals surface area contributed by atoms with Crippen LogP contribution in [0, 0.1) is 5.92 Å². The van der Waals surface area contributed by atoms with Gasteiger partial charge in [-0.15, -0.1) is 0 Å². The lowest BCUT2D eigenvalue weighted by atomic mass is 10.0. The van der Waals surface area contributed by atoms with Crippen molar-refractivity contribution < 1.29 is 9.53 Å². The van der Waals surface area contributed by atoms with E-state index in [1.54, 1.807) is 0 Å². The standard InChI is InChI=1S/C12H22N2O2/c1-9-4-3-7-14(8-9)12(15)16-11-6-2-5-10(11)13/h9-11H,2-8,13H2,1H3. The minimum Gasteiger partial charge on any atom is -0.444 e. The molecule has 4 heteroatoms. The van der Waals surface area contributed by atoms with Gasteiger partial charge in [0.05, 0.1) is 0 Å². The van der Waals surface area contributed by atoms with Crippen LogP contribution in [0.5, 0.6) is 0 Å². The first-order valence-corrected chi connectivity index (χ1v) is 6.38. The molecular formula is C12H22N2O2. The second-order valence-electron chi connectivity index (χ2n) is 5.21. The Morgan fingerprint density at radius 3 is 2.75 bits per heavy atom. The Morgan fingerprint density at radius 1 is 1.31 bits per heavy atom. The second-order valence-corrected chi connectivity index (χ2v) is 5.21. The average molecular weight is 226 g/mol. The first-order valence-electron chi connectivity index (χ1n) is 6.38. The van der Waals surface area contributed by atoms with Gasteiger partial charge in [0.25, 0.3) is 0 Å². The van der Waals surface area contributed by atoms with Gasteiger partial charge in [0.2, 0.25) is 0 Å². The highest BCUT2D eigenvalue weighted by molar-refractivity contribution is 5.68. The highest BCUT2D eigenvalue weighted by Crippen LogP contribution is 2.22. The molecule has 4 nitrogen and oxygen atoms in total. The zero-order valence-corrected chi connectivity index (χ0v) is 10.0. The van der Waals surface area contributed by atoms with E-state index in [-0.39, 0.29) is 18.2 Å². The summed E-state index contributed by atoms with van der Waals surface area (Å²) < 4.78 is 5.47. The largest absolute Gasteiger partial charge is 0.444 e. The van der Waals surface area contributed by atoms with E-state index in [2.05, 4.69) is 6.92 Å². The quantitative estimate of drug-likeness (QED) is 0.741. The first-order chi connectivity index (χ1) is 7.66. The van der Waals surface area contributed by atoms with E-state index in [0.29, 0.717) is 5.92 Å². The van der Waals surface area contributed by atoms with Crippen molar-refractivity contribution in [1.82, 2.24) is 4.90 Å². The van der Waals surface area contributed by atoms with Crippen molar-refractivity contribution in [2.75, 3.05) is 13.1 Å². The summed E-state index contributed by atoms with van der Waals surface area (Å²) in [6.45, 7) is 3.85. The number of amides is 1. The molecule has 3 unspecified atom stereocenters. The van der Waals surface area contributed by atoms with E-state index in [9.17, 15) is 4.79 Å². The molecule has 1 aliphatic heterocycles. The highest BCUT2D eigenvalue weighted by atomic mass is 16.6. The fraction of sp³-hybridized carbons (Fsp3) is 0.917. The molecule has 1 amide bonds. The molecule has 0 spiro atoms. The predicted molar refractivity (Wildman–Crippen MR) is 62.1 cm³/mol. The Kier molecular flexibility index (Phi) is 3.69. The van der Waals surface area contributed by atoms with E-state index in [4.69, 9.17) is 10.5 Å². The van der Waals surface area contributed by atoms with Gasteiger partial charge in [-0.05, 0) is 38.0 Å². The second kappa shape index (κ2) is 5.04. The van der Waals surface area contributed by atoms with Crippen LogP contribution in [0.4, 0.5) is 4.79 Å². The molecule has 2 aliphatic rings. The van der Waals surface area contributed by atoms with Gasteiger partial charge >= 0.3 is 6.09 Å². The highest BCUT2D eigenvalue weighted by Gasteiger charge is 2.30. The molecular weight excluding hydrogens is 204 g/mol. The molecule has 2 fully saturated rings. The van der Waals surface area contributed by atoms with Crippen LogP contribution in [0.1, 0.15) is 39.0 Å². The lowest BCUT2D eigenvalue weighted by molar-refractivity contribution is 0.0485. The Balaban J connectivity index is 1.82. The summed E-state index contributed by atoms with van der Waals surface area (Å²) in [7, 11) is 0. The van der Waals surface area contributed by atoms with Gasteiger partial charge in [-0.2, -0.15) is 0 Å². The Morgan fingerprint density at radius 2 is 2.12 bits per heavy atom. The smallest absolute Gasteiger partial charge is 0.410 e. The van der Waals surface area contributed by atoms with Crippen molar-refractivity contribution >= 4 is 6.09 Å². The van der Waals surface area contributed by atoms with Crippen molar-refractivity contribution in [3.05, 3.63) is 0 Å². The van der Waals surface area contributed by atoms with E-state index < -0.39 is 0 Å². The summed E-state index contributed by atoms with van der Waals surface area (Å²) in [5.74, 6) is 0.596. The predicted octanol–water partition coefficient (Wildman–Crippen LogP) is 1.73. The van der Waals surface area contributed by atoms with Gasteiger partial charge in [-0.25, -0.2) is 4.79 Å². The summed E-state index contributed by atoms with van der Waals surface area (Å²) in [5.41, 5.74) is 5.89. The number of hydrogen-bond donors (Lipinski definition) is 1. The summed E-state index contributed by atoms with van der Waals surface area (Å²) in [6, 6.07) is 0.0474. The molecule has 1 saturated heterocycles. The molecule has 1 heterocycles. The Bertz CT molecular complexity index is 257. The number of carbonyl (C=O) groups excluding carboxylic acids is 1. The van der Waals surface area contributed by atoms with E-state index in [1.165, 1.54) is 6.42 Å². The van der Waals surface area contributed by atoms with Crippen LogP contribution >= 0.6 is 0 Å². The van der Waals surface area contributed by atoms with Gasteiger partial charge in [0, 0.05) is 19.1 Å². The van der Waals surface area contributed by atoms with Crippen molar-refractivity contribution in [2.45, 2.75) is 51.2 Å². The molecule has 0 radical (unpaired) electrons. The number of nitrogens with zero attached hydrogens (tertiary/aromatic N) is 1. The molecule has 1 aliphatic carbocycles. The number of carbonyl (C=O) groups is 1. The third-order valence-corrected chi connectivity index (χ3v) is 3.67. The fourth-order valence-corrected chi connectivity index (χ4v) is 2.66. The van der Waals surface area contributed by atoms with Gasteiger partial charge in [0.1, 0.15) is 6.10 Å². The molecule has 1 saturated carbocycles. The molecule has 2 rings (SSSR count). The van der Waals surface area contributed by atoms with E-state index in [1.807, 2.05) is 4.90 Å². The monoisotopic (exact) mass is 226 g/mol. The molecule has 16 heavy (non-hydrogen) atoms. The number of rotatable bonds is 1. The maximum absolute atomic E-state index is 11.9. The summed E-state index contributed by atoms with van der Waals surface area (Å²) in [5, 5.41) is 0. The summed E-state index contributed by atoms with van der Waals surface area (Å²) in [4.78, 5) is 13.7. The van der Waals surface area contributed by atoms with Gasteiger partial charge in [0.15, 0.2) is 0 Å². The van der Waals surface area contributed by atoms with Crippen molar-refractivity contribution in [3.8, 4) is 0 Å². The lowest BCUT2D eigenvalue weighted by Crippen LogP contribution is -2.43. The minimum absolute atomic E-state index is 0.0474. The lowest BCUT2D eigenvalue weighted by Gasteiger charge is -2.31. The molecule has 3 atom stereocenters. The zero-order valence-electron chi connectivity index (χ0n) is 10.0. The number of likely N-dealkylation sites (tertiary alicyclic amines) is 1. The van der Waals surface area contributed by atoms with E-state index >= 15 is 0 Å². The van der Waals surface area contributed by atoms with Crippen LogP contribution in [0.15, 0.2) is 0 Å². The fourth-order valence-electron chi connectivity index (χ4n) is 2.66. The van der Waals surface area contributed by atoms with Crippen LogP contribution in [-0.2, 0) is 4.74 Å². The van der Waals surface area contributed by atoms with Crippen molar-refractivity contribution in [1.29, 1.82) is 0 Å². The molecule has 0 aromatic heterocycles. The molecule has 2 N–H and O–H groups in total. The first kappa shape index (κ1) is 11.7. The number of ether oxygens (including phenoxy) is 1.